The minimum atomic E-state index is -3.14. The Hall–Kier alpha value is -0.990. The molecule has 0 atom stereocenters. The monoisotopic (exact) mass is 317 g/mol. The van der Waals surface area contributed by atoms with E-state index in [1.807, 2.05) is 6.92 Å². The van der Waals surface area contributed by atoms with Crippen LogP contribution in [0.2, 0.25) is 0 Å². The summed E-state index contributed by atoms with van der Waals surface area (Å²) in [6, 6.07) is 0. The van der Waals surface area contributed by atoms with Gasteiger partial charge in [-0.15, -0.1) is 11.3 Å². The van der Waals surface area contributed by atoms with Gasteiger partial charge in [0.05, 0.1) is 17.5 Å². The molecule has 20 heavy (non-hydrogen) atoms. The first-order valence-electron chi connectivity index (χ1n) is 6.50. The van der Waals surface area contributed by atoms with Crippen molar-refractivity contribution in [1.29, 1.82) is 0 Å². The molecule has 1 aromatic rings. The highest BCUT2D eigenvalue weighted by Gasteiger charge is 2.25. The number of aryl methyl sites for hydroxylation is 2. The summed E-state index contributed by atoms with van der Waals surface area (Å²) >= 11 is 1.57. The van der Waals surface area contributed by atoms with Crippen molar-refractivity contribution in [2.45, 2.75) is 19.8 Å². The van der Waals surface area contributed by atoms with E-state index in [1.165, 1.54) is 10.6 Å². The lowest BCUT2D eigenvalue weighted by molar-refractivity contribution is -0.132. The van der Waals surface area contributed by atoms with E-state index >= 15 is 0 Å². The van der Waals surface area contributed by atoms with Crippen LogP contribution >= 0.6 is 11.3 Å². The predicted molar refractivity (Wildman–Crippen MR) is 78.2 cm³/mol. The Labute approximate surface area is 123 Å². The molecule has 6 nitrogen and oxygen atoms in total. The van der Waals surface area contributed by atoms with Gasteiger partial charge in [0.2, 0.25) is 15.9 Å². The molecule has 1 aliphatic rings. The molecule has 0 spiro atoms. The van der Waals surface area contributed by atoms with Gasteiger partial charge in [0.25, 0.3) is 0 Å². The number of thiazole rings is 1. The van der Waals surface area contributed by atoms with Crippen LogP contribution in [0.4, 0.5) is 0 Å². The van der Waals surface area contributed by atoms with Crippen molar-refractivity contribution in [2.24, 2.45) is 0 Å². The summed E-state index contributed by atoms with van der Waals surface area (Å²) in [6.45, 7) is 3.69. The van der Waals surface area contributed by atoms with Crippen molar-refractivity contribution in [2.75, 3.05) is 32.4 Å². The van der Waals surface area contributed by atoms with E-state index in [0.717, 1.165) is 10.6 Å². The van der Waals surface area contributed by atoms with Crippen LogP contribution < -0.4 is 0 Å². The average Bonchev–Trinajstić information content (AvgIpc) is 2.81. The Bertz CT molecular complexity index is 575. The minimum absolute atomic E-state index is 0.0888. The van der Waals surface area contributed by atoms with Gasteiger partial charge in [0.15, 0.2) is 0 Å². The Morgan fingerprint density at radius 1 is 1.35 bits per heavy atom. The molecule has 0 unspecified atom stereocenters. The number of amides is 1. The third-order valence-corrected chi connectivity index (χ3v) is 5.77. The lowest BCUT2D eigenvalue weighted by Gasteiger charge is -2.33. The number of piperazine rings is 1. The molecule has 1 fully saturated rings. The number of nitrogens with zero attached hydrogens (tertiary/aromatic N) is 3. The van der Waals surface area contributed by atoms with Crippen molar-refractivity contribution in [1.82, 2.24) is 14.2 Å². The molecule has 0 saturated carbocycles. The van der Waals surface area contributed by atoms with Gasteiger partial charge in [-0.25, -0.2) is 13.4 Å². The first kappa shape index (κ1) is 15.4. The smallest absolute Gasteiger partial charge is 0.223 e. The van der Waals surface area contributed by atoms with Gasteiger partial charge in [-0.05, 0) is 13.3 Å². The van der Waals surface area contributed by atoms with Gasteiger partial charge in [0, 0.05) is 37.5 Å². The largest absolute Gasteiger partial charge is 0.340 e. The molecule has 2 heterocycles. The first-order chi connectivity index (χ1) is 9.38. The third-order valence-electron chi connectivity index (χ3n) is 3.47. The molecular weight excluding hydrogens is 298 g/mol. The highest BCUT2D eigenvalue weighted by molar-refractivity contribution is 7.88. The first-order valence-corrected chi connectivity index (χ1v) is 9.22. The van der Waals surface area contributed by atoms with Gasteiger partial charge in [-0.1, -0.05) is 0 Å². The summed E-state index contributed by atoms with van der Waals surface area (Å²) < 4.78 is 24.2. The molecule has 1 amide bonds. The van der Waals surface area contributed by atoms with E-state index in [4.69, 9.17) is 0 Å². The second-order valence-electron chi connectivity index (χ2n) is 4.90. The van der Waals surface area contributed by atoms with Crippen LogP contribution in [0.5, 0.6) is 0 Å². The molecule has 1 aliphatic heterocycles. The van der Waals surface area contributed by atoms with Crippen LogP contribution in [-0.2, 0) is 21.2 Å². The zero-order valence-electron chi connectivity index (χ0n) is 11.7. The number of aromatic nitrogens is 1. The summed E-state index contributed by atoms with van der Waals surface area (Å²) in [5.74, 6) is 0.0888. The Balaban J connectivity index is 1.82. The normalized spacial score (nSPS) is 17.4. The molecular formula is C12H19N3O3S2. The molecule has 0 radical (unpaired) electrons. The van der Waals surface area contributed by atoms with Crippen LogP contribution in [0, 0.1) is 6.92 Å². The highest BCUT2D eigenvalue weighted by Crippen LogP contribution is 2.15. The molecule has 2 rings (SSSR count). The minimum Gasteiger partial charge on any atom is -0.340 e. The van der Waals surface area contributed by atoms with Crippen LogP contribution in [0.15, 0.2) is 5.51 Å². The number of sulfonamides is 1. The van der Waals surface area contributed by atoms with Crippen molar-refractivity contribution in [3.8, 4) is 0 Å². The summed E-state index contributed by atoms with van der Waals surface area (Å²) in [7, 11) is -3.14. The summed E-state index contributed by atoms with van der Waals surface area (Å²) in [4.78, 5) is 19.2. The van der Waals surface area contributed by atoms with Crippen LogP contribution in [0.3, 0.4) is 0 Å². The Morgan fingerprint density at radius 3 is 2.50 bits per heavy atom. The van der Waals surface area contributed by atoms with Crippen LogP contribution in [0.1, 0.15) is 17.0 Å². The quantitative estimate of drug-likeness (QED) is 0.810. The SMILES string of the molecule is Cc1ncsc1CCC(=O)N1CCN(S(C)(=O)=O)CC1. The number of rotatable bonds is 4. The van der Waals surface area contributed by atoms with Crippen molar-refractivity contribution < 1.29 is 13.2 Å². The zero-order valence-corrected chi connectivity index (χ0v) is 13.3. The maximum absolute atomic E-state index is 12.1. The molecule has 8 heteroatoms. The lowest BCUT2D eigenvalue weighted by Crippen LogP contribution is -2.50. The van der Waals surface area contributed by atoms with Gasteiger partial charge in [-0.2, -0.15) is 4.31 Å². The molecule has 0 aromatic carbocycles. The third kappa shape index (κ3) is 3.77. The van der Waals surface area contributed by atoms with E-state index < -0.39 is 10.0 Å². The van der Waals surface area contributed by atoms with E-state index in [0.29, 0.717) is 39.0 Å². The van der Waals surface area contributed by atoms with Crippen molar-refractivity contribution >= 4 is 27.3 Å². The molecule has 1 aromatic heterocycles. The number of carbonyl (C=O) groups is 1. The number of hydrogen-bond acceptors (Lipinski definition) is 5. The van der Waals surface area contributed by atoms with Gasteiger partial charge < -0.3 is 4.90 Å². The fourth-order valence-corrected chi connectivity index (χ4v) is 3.82. The standard InChI is InChI=1S/C12H19N3O3S2/c1-10-11(19-9-13-10)3-4-12(16)14-5-7-15(8-6-14)20(2,17)18/h9H,3-8H2,1-2H3. The summed E-state index contributed by atoms with van der Waals surface area (Å²) in [5.41, 5.74) is 2.78. The molecule has 0 aliphatic carbocycles. The van der Waals surface area contributed by atoms with Crippen molar-refractivity contribution in [3.63, 3.8) is 0 Å². The second-order valence-corrected chi connectivity index (χ2v) is 7.83. The van der Waals surface area contributed by atoms with E-state index in [2.05, 4.69) is 4.98 Å². The highest BCUT2D eigenvalue weighted by atomic mass is 32.2. The molecule has 112 valence electrons. The van der Waals surface area contributed by atoms with E-state index in [-0.39, 0.29) is 5.91 Å². The Morgan fingerprint density at radius 2 is 2.00 bits per heavy atom. The summed E-state index contributed by atoms with van der Waals surface area (Å²) in [6.07, 6.45) is 2.38. The van der Waals surface area contributed by atoms with E-state index in [1.54, 1.807) is 21.7 Å². The second kappa shape index (κ2) is 6.19. The van der Waals surface area contributed by atoms with E-state index in [9.17, 15) is 13.2 Å². The van der Waals surface area contributed by atoms with Crippen LogP contribution in [-0.4, -0.2) is 60.9 Å². The molecule has 0 N–H and O–H groups in total. The fourth-order valence-electron chi connectivity index (χ4n) is 2.21. The van der Waals surface area contributed by atoms with Gasteiger partial charge >= 0.3 is 0 Å². The Kier molecular flexibility index (Phi) is 4.77. The maximum atomic E-state index is 12.1. The zero-order chi connectivity index (χ0) is 14.8. The van der Waals surface area contributed by atoms with Gasteiger partial charge in [0.1, 0.15) is 0 Å². The molecule has 1 saturated heterocycles. The number of hydrogen-bond donors (Lipinski definition) is 0. The van der Waals surface area contributed by atoms with Gasteiger partial charge in [-0.3, -0.25) is 4.79 Å². The predicted octanol–water partition coefficient (Wildman–Crippen LogP) is 0.488. The molecule has 0 bridgehead atoms. The topological polar surface area (TPSA) is 70.6 Å². The fraction of sp³-hybridized carbons (Fsp3) is 0.667. The lowest BCUT2D eigenvalue weighted by atomic mass is 10.2. The maximum Gasteiger partial charge on any atom is 0.223 e. The average molecular weight is 317 g/mol. The summed E-state index contributed by atoms with van der Waals surface area (Å²) in [5, 5.41) is 0. The van der Waals surface area contributed by atoms with Crippen LogP contribution in [0.25, 0.3) is 0 Å². The number of carbonyl (C=O) groups excluding carboxylic acids is 1. The van der Waals surface area contributed by atoms with Crippen molar-refractivity contribution in [3.05, 3.63) is 16.1 Å².